The molecule has 2 heterocycles. The monoisotopic (exact) mass is 241 g/mol. The largest absolute Gasteiger partial charge is 0.491 e. The third-order valence-electron chi connectivity index (χ3n) is 3.96. The molecule has 1 aromatic carbocycles. The first-order valence-corrected chi connectivity index (χ1v) is 6.55. The molecule has 0 aliphatic carbocycles. The first-order valence-electron chi connectivity index (χ1n) is 6.55. The summed E-state index contributed by atoms with van der Waals surface area (Å²) in [6.45, 7) is 7.66. The second-order valence-electron chi connectivity index (χ2n) is 6.20. The van der Waals surface area contributed by atoms with E-state index < -0.39 is 0 Å². The molecule has 2 aromatic rings. The van der Waals surface area contributed by atoms with Gasteiger partial charge in [-0.25, -0.2) is 0 Å². The lowest BCUT2D eigenvalue weighted by Gasteiger charge is -2.35. The Morgan fingerprint density at radius 3 is 2.78 bits per heavy atom. The van der Waals surface area contributed by atoms with Crippen LogP contribution in [0.3, 0.4) is 0 Å². The van der Waals surface area contributed by atoms with Gasteiger partial charge in [0.05, 0.1) is 18.3 Å². The van der Waals surface area contributed by atoms with Crippen molar-refractivity contribution >= 4 is 10.9 Å². The van der Waals surface area contributed by atoms with Crippen molar-refractivity contribution in [1.29, 1.82) is 0 Å². The van der Waals surface area contributed by atoms with Crippen molar-refractivity contribution in [3.05, 3.63) is 36.0 Å². The summed E-state index contributed by atoms with van der Waals surface area (Å²) in [5.41, 5.74) is 2.67. The van der Waals surface area contributed by atoms with E-state index in [2.05, 4.69) is 44.0 Å². The average Bonchev–Trinajstić information content (AvgIpc) is 2.37. The van der Waals surface area contributed by atoms with Crippen LogP contribution in [0, 0.1) is 11.3 Å². The number of fused-ring (bicyclic) bond motifs is 3. The van der Waals surface area contributed by atoms with E-state index in [-0.39, 0.29) is 5.41 Å². The number of para-hydroxylation sites is 1. The third kappa shape index (κ3) is 1.86. The Bertz CT molecular complexity index is 583. The Balaban J connectivity index is 2.10. The number of benzene rings is 1. The molecule has 0 fully saturated rings. The van der Waals surface area contributed by atoms with Crippen LogP contribution in [0.15, 0.2) is 30.5 Å². The van der Waals surface area contributed by atoms with Gasteiger partial charge < -0.3 is 4.74 Å². The van der Waals surface area contributed by atoms with E-state index >= 15 is 0 Å². The molecule has 3 rings (SSSR count). The quantitative estimate of drug-likeness (QED) is 0.699. The highest BCUT2D eigenvalue weighted by Gasteiger charge is 2.30. The van der Waals surface area contributed by atoms with Crippen LogP contribution in [0.2, 0.25) is 0 Å². The van der Waals surface area contributed by atoms with Crippen LogP contribution in [0.4, 0.5) is 0 Å². The first-order chi connectivity index (χ1) is 8.55. The minimum absolute atomic E-state index is 0.280. The van der Waals surface area contributed by atoms with Crippen molar-refractivity contribution < 1.29 is 4.74 Å². The van der Waals surface area contributed by atoms with Gasteiger partial charge in [0.15, 0.2) is 0 Å². The average molecular weight is 241 g/mol. The van der Waals surface area contributed by atoms with Crippen LogP contribution in [0.5, 0.6) is 5.75 Å². The van der Waals surface area contributed by atoms with Crippen molar-refractivity contribution in [3.63, 3.8) is 0 Å². The maximum atomic E-state index is 5.91. The van der Waals surface area contributed by atoms with Crippen LogP contribution in [-0.4, -0.2) is 11.6 Å². The zero-order valence-electron chi connectivity index (χ0n) is 11.2. The van der Waals surface area contributed by atoms with Gasteiger partial charge in [-0.15, -0.1) is 0 Å². The molecule has 0 bridgehead atoms. The van der Waals surface area contributed by atoms with Gasteiger partial charge in [-0.1, -0.05) is 39.0 Å². The Labute approximate surface area is 108 Å². The Morgan fingerprint density at radius 1 is 1.22 bits per heavy atom. The molecule has 94 valence electrons. The van der Waals surface area contributed by atoms with E-state index in [1.807, 2.05) is 12.3 Å². The number of aromatic nitrogens is 1. The minimum atomic E-state index is 0.280. The fourth-order valence-corrected chi connectivity index (χ4v) is 2.57. The van der Waals surface area contributed by atoms with Gasteiger partial charge in [-0.3, -0.25) is 4.98 Å². The van der Waals surface area contributed by atoms with E-state index in [0.717, 1.165) is 24.3 Å². The van der Waals surface area contributed by atoms with E-state index in [1.54, 1.807) is 0 Å². The summed E-state index contributed by atoms with van der Waals surface area (Å²) in [6, 6.07) is 8.32. The van der Waals surface area contributed by atoms with E-state index in [0.29, 0.717) is 5.92 Å². The topological polar surface area (TPSA) is 22.1 Å². The fourth-order valence-electron chi connectivity index (χ4n) is 2.57. The summed E-state index contributed by atoms with van der Waals surface area (Å²) in [5, 5.41) is 1.24. The number of hydrogen-bond donors (Lipinski definition) is 0. The first kappa shape index (κ1) is 11.5. The van der Waals surface area contributed by atoms with Gasteiger partial charge in [0.25, 0.3) is 0 Å². The number of rotatable bonds is 0. The summed E-state index contributed by atoms with van der Waals surface area (Å²) < 4.78 is 5.91. The standard InChI is InChI=1S/C16H19NO/c1-16(2,3)11-8-13-12-6-4-5-7-14(12)17-9-15(13)18-10-11/h4-7,9,11H,8,10H2,1-3H3. The van der Waals surface area contributed by atoms with Gasteiger partial charge in [0, 0.05) is 16.9 Å². The lowest BCUT2D eigenvalue weighted by Crippen LogP contribution is -2.32. The van der Waals surface area contributed by atoms with Crippen molar-refractivity contribution in [3.8, 4) is 5.75 Å². The summed E-state index contributed by atoms with van der Waals surface area (Å²) in [4.78, 5) is 4.46. The number of pyridine rings is 1. The summed E-state index contributed by atoms with van der Waals surface area (Å²) >= 11 is 0. The SMILES string of the molecule is CC(C)(C)C1COc2cnc3ccccc3c2C1. The van der Waals surface area contributed by atoms with Crippen molar-refractivity contribution in [2.45, 2.75) is 27.2 Å². The van der Waals surface area contributed by atoms with Crippen molar-refractivity contribution in [2.24, 2.45) is 11.3 Å². The number of nitrogens with zero attached hydrogens (tertiary/aromatic N) is 1. The number of hydrogen-bond acceptors (Lipinski definition) is 2. The molecular weight excluding hydrogens is 222 g/mol. The maximum Gasteiger partial charge on any atom is 0.141 e. The van der Waals surface area contributed by atoms with Gasteiger partial charge in [-0.05, 0) is 17.9 Å². The lowest BCUT2D eigenvalue weighted by molar-refractivity contribution is 0.127. The molecule has 2 nitrogen and oxygen atoms in total. The molecule has 18 heavy (non-hydrogen) atoms. The molecule has 0 saturated carbocycles. The van der Waals surface area contributed by atoms with E-state index in [9.17, 15) is 0 Å². The maximum absolute atomic E-state index is 5.91. The fraction of sp³-hybridized carbons (Fsp3) is 0.438. The molecule has 1 aliphatic heterocycles. The van der Waals surface area contributed by atoms with E-state index in [4.69, 9.17) is 4.74 Å². The van der Waals surface area contributed by atoms with Crippen LogP contribution in [0.25, 0.3) is 10.9 Å². The molecule has 1 unspecified atom stereocenters. The summed E-state index contributed by atoms with van der Waals surface area (Å²) in [5.74, 6) is 1.53. The van der Waals surface area contributed by atoms with Crippen molar-refractivity contribution in [1.82, 2.24) is 4.98 Å². The summed E-state index contributed by atoms with van der Waals surface area (Å²) in [6.07, 6.45) is 2.96. The highest BCUT2D eigenvalue weighted by atomic mass is 16.5. The molecule has 0 N–H and O–H groups in total. The second-order valence-corrected chi connectivity index (χ2v) is 6.20. The molecule has 0 saturated heterocycles. The predicted molar refractivity (Wildman–Crippen MR) is 73.9 cm³/mol. The Hall–Kier alpha value is -1.57. The molecule has 0 radical (unpaired) electrons. The molecule has 0 spiro atoms. The molecule has 1 aromatic heterocycles. The van der Waals surface area contributed by atoms with Crippen LogP contribution < -0.4 is 4.74 Å². The summed E-state index contributed by atoms with van der Waals surface area (Å²) in [7, 11) is 0. The second kappa shape index (κ2) is 3.98. The minimum Gasteiger partial charge on any atom is -0.491 e. The van der Waals surface area contributed by atoms with Gasteiger partial charge in [0.1, 0.15) is 5.75 Å². The van der Waals surface area contributed by atoms with Crippen LogP contribution >= 0.6 is 0 Å². The Kier molecular flexibility index (Phi) is 2.54. The highest BCUT2D eigenvalue weighted by Crippen LogP contribution is 2.38. The molecule has 1 aliphatic rings. The smallest absolute Gasteiger partial charge is 0.141 e. The van der Waals surface area contributed by atoms with Gasteiger partial charge >= 0.3 is 0 Å². The predicted octanol–water partition coefficient (Wildman–Crippen LogP) is 3.83. The number of ether oxygens (including phenoxy) is 1. The highest BCUT2D eigenvalue weighted by molar-refractivity contribution is 5.84. The molecule has 1 atom stereocenters. The van der Waals surface area contributed by atoms with Gasteiger partial charge in [-0.2, -0.15) is 0 Å². The lowest BCUT2D eigenvalue weighted by atomic mass is 9.76. The van der Waals surface area contributed by atoms with Crippen molar-refractivity contribution in [2.75, 3.05) is 6.61 Å². The van der Waals surface area contributed by atoms with Crippen LogP contribution in [0.1, 0.15) is 26.3 Å². The van der Waals surface area contributed by atoms with Crippen LogP contribution in [-0.2, 0) is 6.42 Å². The molecular formula is C16H19NO. The van der Waals surface area contributed by atoms with Gasteiger partial charge in [0.2, 0.25) is 0 Å². The third-order valence-corrected chi connectivity index (χ3v) is 3.96. The normalized spacial score (nSPS) is 19.4. The molecule has 0 amide bonds. The van der Waals surface area contributed by atoms with E-state index in [1.165, 1.54) is 10.9 Å². The molecule has 2 heteroatoms. The zero-order valence-corrected chi connectivity index (χ0v) is 11.2. The Morgan fingerprint density at radius 2 is 2.00 bits per heavy atom. The zero-order chi connectivity index (χ0) is 12.8.